The zero-order chi connectivity index (χ0) is 22.8. The zero-order valence-electron chi connectivity index (χ0n) is 18.3. The Kier molecular flexibility index (Phi) is 5.71. The first-order valence-corrected chi connectivity index (χ1v) is 11.2. The Morgan fingerprint density at radius 1 is 0.788 bits per heavy atom. The van der Waals surface area contributed by atoms with E-state index >= 15 is 0 Å². The molecule has 0 bridgehead atoms. The molecule has 0 amide bonds. The molecule has 0 atom stereocenters. The number of aromatic carboxylic acids is 1. The SMILES string of the molecule is O=C(O)c1ccc(N2CCN(Cc3ccc(-c4cccc(O)c4)c4ccccc34)CC2)cc1. The number of carbonyl (C=O) groups is 1. The highest BCUT2D eigenvalue weighted by atomic mass is 16.4. The molecule has 1 fully saturated rings. The first-order chi connectivity index (χ1) is 16.1. The van der Waals surface area contributed by atoms with Crippen LogP contribution < -0.4 is 4.90 Å². The number of aromatic hydroxyl groups is 1. The van der Waals surface area contributed by atoms with Gasteiger partial charge in [0.15, 0.2) is 0 Å². The van der Waals surface area contributed by atoms with Crippen molar-refractivity contribution in [3.05, 3.63) is 96.1 Å². The molecule has 5 rings (SSSR count). The summed E-state index contributed by atoms with van der Waals surface area (Å²) in [7, 11) is 0. The normalized spacial score (nSPS) is 14.5. The number of phenols is 1. The summed E-state index contributed by atoms with van der Waals surface area (Å²) in [5.41, 5.74) is 4.83. The van der Waals surface area contributed by atoms with Gasteiger partial charge in [0, 0.05) is 38.4 Å². The number of rotatable bonds is 5. The molecule has 2 N–H and O–H groups in total. The largest absolute Gasteiger partial charge is 0.508 e. The molecule has 5 heteroatoms. The van der Waals surface area contributed by atoms with Crippen LogP contribution in [0.5, 0.6) is 5.75 Å². The molecule has 4 aromatic carbocycles. The van der Waals surface area contributed by atoms with Gasteiger partial charge >= 0.3 is 5.97 Å². The van der Waals surface area contributed by atoms with E-state index in [1.165, 1.54) is 16.3 Å². The van der Waals surface area contributed by atoms with Crippen LogP contribution >= 0.6 is 0 Å². The second kappa shape index (κ2) is 8.96. The molecular formula is C28H26N2O3. The third-order valence-electron chi connectivity index (χ3n) is 6.42. The maximum Gasteiger partial charge on any atom is 0.335 e. The Balaban J connectivity index is 1.32. The number of fused-ring (bicyclic) bond motifs is 1. The number of nitrogens with zero attached hydrogens (tertiary/aromatic N) is 2. The van der Waals surface area contributed by atoms with Crippen LogP contribution in [0.2, 0.25) is 0 Å². The number of phenolic OH excluding ortho intramolecular Hbond substituents is 1. The van der Waals surface area contributed by atoms with Crippen LogP contribution in [0.3, 0.4) is 0 Å². The monoisotopic (exact) mass is 438 g/mol. The minimum atomic E-state index is -0.895. The summed E-state index contributed by atoms with van der Waals surface area (Å²) < 4.78 is 0. The number of piperazine rings is 1. The molecule has 0 radical (unpaired) electrons. The highest BCUT2D eigenvalue weighted by molar-refractivity contribution is 5.98. The summed E-state index contributed by atoms with van der Waals surface area (Å²) in [5.74, 6) is -0.621. The average Bonchev–Trinajstić information content (AvgIpc) is 2.85. The summed E-state index contributed by atoms with van der Waals surface area (Å²) >= 11 is 0. The smallest absolute Gasteiger partial charge is 0.335 e. The fraction of sp³-hybridized carbons (Fsp3) is 0.179. The van der Waals surface area contributed by atoms with Gasteiger partial charge < -0.3 is 15.1 Å². The fourth-order valence-electron chi connectivity index (χ4n) is 4.64. The summed E-state index contributed by atoms with van der Waals surface area (Å²) in [6, 6.07) is 27.4. The molecule has 1 heterocycles. The molecule has 0 aromatic heterocycles. The van der Waals surface area contributed by atoms with Gasteiger partial charge in [0.2, 0.25) is 0 Å². The van der Waals surface area contributed by atoms with E-state index in [0.29, 0.717) is 5.56 Å². The van der Waals surface area contributed by atoms with Crippen LogP contribution in [0.25, 0.3) is 21.9 Å². The first-order valence-electron chi connectivity index (χ1n) is 11.2. The van der Waals surface area contributed by atoms with Gasteiger partial charge in [-0.3, -0.25) is 4.90 Å². The Morgan fingerprint density at radius 3 is 2.21 bits per heavy atom. The van der Waals surface area contributed by atoms with Crippen molar-refractivity contribution in [2.24, 2.45) is 0 Å². The number of hydrogen-bond acceptors (Lipinski definition) is 4. The number of anilines is 1. The molecule has 4 aromatic rings. The first kappa shape index (κ1) is 21.0. The number of carboxylic acid groups (broad SMARTS) is 1. The zero-order valence-corrected chi connectivity index (χ0v) is 18.3. The van der Waals surface area contributed by atoms with E-state index in [9.17, 15) is 9.90 Å². The minimum absolute atomic E-state index is 0.274. The van der Waals surface area contributed by atoms with E-state index in [4.69, 9.17) is 5.11 Å². The standard InChI is InChI=1S/C28H26N2O3/c31-24-5-3-4-21(18-24)26-13-10-22(25-6-1-2-7-27(25)26)19-29-14-16-30(17-15-29)23-11-8-20(9-12-23)28(32)33/h1-13,18,31H,14-17,19H2,(H,32,33). The minimum Gasteiger partial charge on any atom is -0.508 e. The van der Waals surface area contributed by atoms with Crippen molar-refractivity contribution in [2.45, 2.75) is 6.54 Å². The maximum atomic E-state index is 11.1. The molecule has 33 heavy (non-hydrogen) atoms. The lowest BCUT2D eigenvalue weighted by molar-refractivity contribution is 0.0697. The van der Waals surface area contributed by atoms with Crippen molar-refractivity contribution in [2.75, 3.05) is 31.1 Å². The van der Waals surface area contributed by atoms with Crippen LogP contribution in [-0.2, 0) is 6.54 Å². The van der Waals surface area contributed by atoms with Crippen molar-refractivity contribution < 1.29 is 15.0 Å². The van der Waals surface area contributed by atoms with Gasteiger partial charge in [-0.2, -0.15) is 0 Å². The Bertz CT molecular complexity index is 1290. The quantitative estimate of drug-likeness (QED) is 0.447. The highest BCUT2D eigenvalue weighted by Gasteiger charge is 2.19. The van der Waals surface area contributed by atoms with Gasteiger partial charge in [-0.15, -0.1) is 0 Å². The average molecular weight is 439 g/mol. The predicted octanol–water partition coefficient (Wildman–Crippen LogP) is 5.23. The predicted molar refractivity (Wildman–Crippen MR) is 132 cm³/mol. The molecule has 0 saturated carbocycles. The van der Waals surface area contributed by atoms with Crippen LogP contribution in [0.1, 0.15) is 15.9 Å². The van der Waals surface area contributed by atoms with E-state index in [-0.39, 0.29) is 5.75 Å². The molecule has 1 saturated heterocycles. The molecule has 0 spiro atoms. The van der Waals surface area contributed by atoms with E-state index in [1.807, 2.05) is 30.3 Å². The van der Waals surface area contributed by atoms with Crippen LogP contribution in [0, 0.1) is 0 Å². The summed E-state index contributed by atoms with van der Waals surface area (Å²) in [4.78, 5) is 15.9. The van der Waals surface area contributed by atoms with Crippen molar-refractivity contribution in [1.29, 1.82) is 0 Å². The number of carboxylic acids is 1. The summed E-state index contributed by atoms with van der Waals surface area (Å²) in [6.45, 7) is 4.59. The topological polar surface area (TPSA) is 64.0 Å². The van der Waals surface area contributed by atoms with Gasteiger partial charge in [0.1, 0.15) is 5.75 Å². The lowest BCUT2D eigenvalue weighted by Crippen LogP contribution is -2.46. The molecule has 0 unspecified atom stereocenters. The Hall–Kier alpha value is -3.83. The van der Waals surface area contributed by atoms with Crippen LogP contribution in [-0.4, -0.2) is 47.3 Å². The third kappa shape index (κ3) is 4.41. The Labute approximate surface area is 193 Å². The molecule has 5 nitrogen and oxygen atoms in total. The van der Waals surface area contributed by atoms with E-state index in [1.54, 1.807) is 18.2 Å². The lowest BCUT2D eigenvalue weighted by Gasteiger charge is -2.36. The van der Waals surface area contributed by atoms with E-state index in [2.05, 4.69) is 46.2 Å². The van der Waals surface area contributed by atoms with Crippen LogP contribution in [0.15, 0.2) is 84.9 Å². The highest BCUT2D eigenvalue weighted by Crippen LogP contribution is 2.33. The second-order valence-corrected chi connectivity index (χ2v) is 8.48. The maximum absolute atomic E-state index is 11.1. The van der Waals surface area contributed by atoms with E-state index < -0.39 is 5.97 Å². The molecule has 0 aliphatic carbocycles. The summed E-state index contributed by atoms with van der Waals surface area (Å²) in [5, 5.41) is 21.5. The summed E-state index contributed by atoms with van der Waals surface area (Å²) in [6.07, 6.45) is 0. The van der Waals surface area contributed by atoms with Crippen molar-refractivity contribution in [1.82, 2.24) is 4.90 Å². The number of benzene rings is 4. The molecule has 1 aliphatic rings. The van der Waals surface area contributed by atoms with Gasteiger partial charge in [0.25, 0.3) is 0 Å². The molecule has 166 valence electrons. The lowest BCUT2D eigenvalue weighted by atomic mass is 9.94. The van der Waals surface area contributed by atoms with Gasteiger partial charge in [-0.25, -0.2) is 4.79 Å². The van der Waals surface area contributed by atoms with Crippen LogP contribution in [0.4, 0.5) is 5.69 Å². The molecular weight excluding hydrogens is 412 g/mol. The van der Waals surface area contributed by atoms with Gasteiger partial charge in [0.05, 0.1) is 5.56 Å². The fourth-order valence-corrected chi connectivity index (χ4v) is 4.64. The van der Waals surface area contributed by atoms with Crippen molar-refractivity contribution in [3.63, 3.8) is 0 Å². The third-order valence-corrected chi connectivity index (χ3v) is 6.42. The molecule has 1 aliphatic heterocycles. The number of hydrogen-bond donors (Lipinski definition) is 2. The van der Waals surface area contributed by atoms with Gasteiger partial charge in [-0.1, -0.05) is 48.5 Å². The van der Waals surface area contributed by atoms with E-state index in [0.717, 1.165) is 49.5 Å². The van der Waals surface area contributed by atoms with Crippen molar-refractivity contribution in [3.8, 4) is 16.9 Å². The van der Waals surface area contributed by atoms with Gasteiger partial charge in [-0.05, 0) is 63.9 Å². The van der Waals surface area contributed by atoms with Crippen molar-refractivity contribution >= 4 is 22.4 Å². The Morgan fingerprint density at radius 2 is 1.52 bits per heavy atom. The second-order valence-electron chi connectivity index (χ2n) is 8.48.